The SMILES string of the molecule is CS(=O)(=O)c1cccc(OCC2CCCO2)c1N. The van der Waals surface area contributed by atoms with Crippen LogP contribution in [0.25, 0.3) is 0 Å². The summed E-state index contributed by atoms with van der Waals surface area (Å²) in [6, 6.07) is 4.76. The van der Waals surface area contributed by atoms with Crippen molar-refractivity contribution in [1.29, 1.82) is 0 Å². The summed E-state index contributed by atoms with van der Waals surface area (Å²) in [6.07, 6.45) is 3.20. The lowest BCUT2D eigenvalue weighted by Crippen LogP contribution is -2.17. The summed E-state index contributed by atoms with van der Waals surface area (Å²) in [6.45, 7) is 1.16. The molecule has 100 valence electrons. The molecule has 2 rings (SSSR count). The van der Waals surface area contributed by atoms with Crippen LogP contribution in [0.2, 0.25) is 0 Å². The highest BCUT2D eigenvalue weighted by atomic mass is 32.2. The molecule has 0 bridgehead atoms. The molecule has 0 aromatic heterocycles. The van der Waals surface area contributed by atoms with Gasteiger partial charge in [0, 0.05) is 12.9 Å². The Kier molecular flexibility index (Phi) is 3.77. The van der Waals surface area contributed by atoms with E-state index < -0.39 is 9.84 Å². The van der Waals surface area contributed by atoms with E-state index >= 15 is 0 Å². The summed E-state index contributed by atoms with van der Waals surface area (Å²) in [5.41, 5.74) is 5.97. The smallest absolute Gasteiger partial charge is 0.177 e. The van der Waals surface area contributed by atoms with Crippen LogP contribution in [0.5, 0.6) is 5.75 Å². The molecule has 1 fully saturated rings. The summed E-state index contributed by atoms with van der Waals surface area (Å²) < 4.78 is 34.0. The predicted octanol–water partition coefficient (Wildman–Crippen LogP) is 1.23. The summed E-state index contributed by atoms with van der Waals surface area (Å²) in [5, 5.41) is 0. The fourth-order valence-electron chi connectivity index (χ4n) is 1.93. The maximum absolute atomic E-state index is 11.5. The Hall–Kier alpha value is -1.27. The lowest BCUT2D eigenvalue weighted by Gasteiger charge is -2.14. The highest BCUT2D eigenvalue weighted by Crippen LogP contribution is 2.29. The second-order valence-corrected chi connectivity index (χ2v) is 6.37. The minimum absolute atomic E-state index is 0.0753. The topological polar surface area (TPSA) is 78.6 Å². The molecule has 1 atom stereocenters. The third-order valence-electron chi connectivity index (χ3n) is 2.87. The van der Waals surface area contributed by atoms with Crippen LogP contribution in [-0.4, -0.2) is 34.0 Å². The van der Waals surface area contributed by atoms with E-state index in [1.54, 1.807) is 12.1 Å². The standard InChI is InChI=1S/C12H17NO4S/c1-18(14,15)11-6-2-5-10(12(11)13)17-8-9-4-3-7-16-9/h2,5-6,9H,3-4,7-8,13H2,1H3. The Morgan fingerprint density at radius 2 is 2.28 bits per heavy atom. The zero-order valence-electron chi connectivity index (χ0n) is 10.3. The number of nitrogen functional groups attached to an aromatic ring is 1. The minimum atomic E-state index is -3.33. The number of sulfone groups is 1. The summed E-state index contributed by atoms with van der Waals surface area (Å²) >= 11 is 0. The molecule has 1 aliphatic rings. The molecule has 0 saturated carbocycles. The van der Waals surface area contributed by atoms with Gasteiger partial charge in [0.05, 0.1) is 16.7 Å². The third kappa shape index (κ3) is 2.94. The summed E-state index contributed by atoms with van der Waals surface area (Å²) in [4.78, 5) is 0.104. The maximum atomic E-state index is 11.5. The van der Waals surface area contributed by atoms with Crippen LogP contribution < -0.4 is 10.5 Å². The van der Waals surface area contributed by atoms with Crippen molar-refractivity contribution in [2.24, 2.45) is 0 Å². The van der Waals surface area contributed by atoms with Gasteiger partial charge in [0.2, 0.25) is 0 Å². The maximum Gasteiger partial charge on any atom is 0.177 e. The number of nitrogens with two attached hydrogens (primary N) is 1. The van der Waals surface area contributed by atoms with E-state index in [4.69, 9.17) is 15.2 Å². The first-order chi connectivity index (χ1) is 8.48. The number of para-hydroxylation sites is 1. The van der Waals surface area contributed by atoms with Crippen LogP contribution in [0.15, 0.2) is 23.1 Å². The second kappa shape index (κ2) is 5.16. The number of rotatable bonds is 4. The molecule has 1 unspecified atom stereocenters. The molecular formula is C12H17NO4S. The molecule has 1 aromatic carbocycles. The van der Waals surface area contributed by atoms with Crippen molar-refractivity contribution in [2.45, 2.75) is 23.8 Å². The van der Waals surface area contributed by atoms with Gasteiger partial charge in [0.25, 0.3) is 0 Å². The number of hydrogen-bond donors (Lipinski definition) is 1. The van der Waals surface area contributed by atoms with Gasteiger partial charge in [-0.05, 0) is 25.0 Å². The van der Waals surface area contributed by atoms with E-state index in [2.05, 4.69) is 0 Å². The number of ether oxygens (including phenoxy) is 2. The van der Waals surface area contributed by atoms with Crippen molar-refractivity contribution in [3.63, 3.8) is 0 Å². The second-order valence-electron chi connectivity index (χ2n) is 4.39. The van der Waals surface area contributed by atoms with Gasteiger partial charge < -0.3 is 15.2 Å². The van der Waals surface area contributed by atoms with Gasteiger partial charge in [0.1, 0.15) is 12.4 Å². The van der Waals surface area contributed by atoms with E-state index in [9.17, 15) is 8.42 Å². The zero-order valence-corrected chi connectivity index (χ0v) is 11.1. The van der Waals surface area contributed by atoms with Gasteiger partial charge in [-0.15, -0.1) is 0 Å². The molecule has 5 nitrogen and oxygen atoms in total. The quantitative estimate of drug-likeness (QED) is 0.833. The molecule has 6 heteroatoms. The van der Waals surface area contributed by atoms with Crippen molar-refractivity contribution < 1.29 is 17.9 Å². The lowest BCUT2D eigenvalue weighted by atomic mass is 10.2. The molecule has 1 saturated heterocycles. The molecule has 18 heavy (non-hydrogen) atoms. The van der Waals surface area contributed by atoms with Crippen molar-refractivity contribution in [3.8, 4) is 5.75 Å². The van der Waals surface area contributed by atoms with Crippen molar-refractivity contribution in [3.05, 3.63) is 18.2 Å². The van der Waals surface area contributed by atoms with Crippen molar-refractivity contribution >= 4 is 15.5 Å². The predicted molar refractivity (Wildman–Crippen MR) is 68.4 cm³/mol. The van der Waals surface area contributed by atoms with E-state index in [0.29, 0.717) is 12.4 Å². The molecule has 1 aromatic rings. The van der Waals surface area contributed by atoms with E-state index in [1.165, 1.54) is 6.07 Å². The molecule has 2 N–H and O–H groups in total. The highest BCUT2D eigenvalue weighted by Gasteiger charge is 2.18. The van der Waals surface area contributed by atoms with Crippen LogP contribution in [0.1, 0.15) is 12.8 Å². The van der Waals surface area contributed by atoms with Gasteiger partial charge in [0.15, 0.2) is 9.84 Å². The van der Waals surface area contributed by atoms with E-state index in [0.717, 1.165) is 25.7 Å². The Morgan fingerprint density at radius 3 is 2.89 bits per heavy atom. The fraction of sp³-hybridized carbons (Fsp3) is 0.500. The van der Waals surface area contributed by atoms with Gasteiger partial charge in [-0.3, -0.25) is 0 Å². The van der Waals surface area contributed by atoms with Gasteiger partial charge in [-0.25, -0.2) is 8.42 Å². The van der Waals surface area contributed by atoms with Crippen molar-refractivity contribution in [2.75, 3.05) is 25.2 Å². The Balaban J connectivity index is 2.13. The molecule has 0 spiro atoms. The third-order valence-corrected chi connectivity index (χ3v) is 4.03. The van der Waals surface area contributed by atoms with Crippen LogP contribution in [-0.2, 0) is 14.6 Å². The number of benzene rings is 1. The number of anilines is 1. The molecule has 0 aliphatic carbocycles. The lowest BCUT2D eigenvalue weighted by molar-refractivity contribution is 0.0681. The largest absolute Gasteiger partial charge is 0.489 e. The van der Waals surface area contributed by atoms with Gasteiger partial charge in [-0.1, -0.05) is 6.07 Å². The Bertz CT molecular complexity index is 521. The van der Waals surface area contributed by atoms with E-state index in [1.807, 2.05) is 0 Å². The van der Waals surface area contributed by atoms with Crippen molar-refractivity contribution in [1.82, 2.24) is 0 Å². The summed E-state index contributed by atoms with van der Waals surface area (Å²) in [7, 11) is -3.33. The average Bonchev–Trinajstić information content (AvgIpc) is 2.79. The molecular weight excluding hydrogens is 254 g/mol. The molecule has 1 heterocycles. The average molecular weight is 271 g/mol. The molecule has 0 radical (unpaired) electrons. The molecule has 0 amide bonds. The fourth-order valence-corrected chi connectivity index (χ4v) is 2.76. The van der Waals surface area contributed by atoms with Crippen LogP contribution in [0.3, 0.4) is 0 Å². The van der Waals surface area contributed by atoms with E-state index in [-0.39, 0.29) is 16.7 Å². The normalized spacial score (nSPS) is 19.9. The first-order valence-electron chi connectivity index (χ1n) is 5.81. The monoisotopic (exact) mass is 271 g/mol. The molecule has 1 aliphatic heterocycles. The van der Waals surface area contributed by atoms with Crippen LogP contribution in [0.4, 0.5) is 5.69 Å². The Morgan fingerprint density at radius 1 is 1.50 bits per heavy atom. The van der Waals surface area contributed by atoms with Crippen LogP contribution >= 0.6 is 0 Å². The zero-order chi connectivity index (χ0) is 13.2. The Labute approximate surface area is 107 Å². The minimum Gasteiger partial charge on any atom is -0.489 e. The summed E-state index contributed by atoms with van der Waals surface area (Å²) in [5.74, 6) is 0.397. The van der Waals surface area contributed by atoms with Gasteiger partial charge >= 0.3 is 0 Å². The van der Waals surface area contributed by atoms with Gasteiger partial charge in [-0.2, -0.15) is 0 Å². The first kappa shape index (κ1) is 13.2. The van der Waals surface area contributed by atoms with Crippen LogP contribution in [0, 0.1) is 0 Å². The highest BCUT2D eigenvalue weighted by molar-refractivity contribution is 7.90. The first-order valence-corrected chi connectivity index (χ1v) is 7.70. The number of hydrogen-bond acceptors (Lipinski definition) is 5.